The highest BCUT2D eigenvalue weighted by atomic mass is 16.3. The molecule has 1 amide bonds. The van der Waals surface area contributed by atoms with Gasteiger partial charge in [0.2, 0.25) is 5.43 Å². The molecule has 20 heavy (non-hydrogen) atoms. The van der Waals surface area contributed by atoms with E-state index in [1.807, 2.05) is 26.8 Å². The quantitative estimate of drug-likeness (QED) is 0.864. The van der Waals surface area contributed by atoms with Crippen molar-refractivity contribution in [3.05, 3.63) is 45.3 Å². The number of hydrogen-bond donors (Lipinski definition) is 0. The Hall–Kier alpha value is -2.10. The minimum absolute atomic E-state index is 0.145. The molecule has 2 aromatic rings. The predicted molar refractivity (Wildman–Crippen MR) is 79.2 cm³/mol. The zero-order valence-electron chi connectivity index (χ0n) is 12.3. The molecule has 0 aliphatic rings. The average Bonchev–Trinajstić information content (AvgIpc) is 2.41. The van der Waals surface area contributed by atoms with E-state index >= 15 is 0 Å². The van der Waals surface area contributed by atoms with Crippen LogP contribution in [0.5, 0.6) is 0 Å². The van der Waals surface area contributed by atoms with Gasteiger partial charge in [-0.3, -0.25) is 9.59 Å². The molecule has 4 heteroatoms. The molecule has 2 rings (SSSR count). The minimum atomic E-state index is -0.260. The fourth-order valence-corrected chi connectivity index (χ4v) is 2.34. The van der Waals surface area contributed by atoms with Gasteiger partial charge in [0, 0.05) is 13.1 Å². The molecule has 0 fully saturated rings. The molecule has 4 nitrogen and oxygen atoms in total. The van der Waals surface area contributed by atoms with E-state index < -0.39 is 0 Å². The number of nitrogens with zero attached hydrogens (tertiary/aromatic N) is 1. The van der Waals surface area contributed by atoms with E-state index in [2.05, 4.69) is 0 Å². The van der Waals surface area contributed by atoms with Gasteiger partial charge < -0.3 is 9.32 Å². The molecule has 0 radical (unpaired) electrons. The number of hydrogen-bond acceptors (Lipinski definition) is 3. The van der Waals surface area contributed by atoms with E-state index in [1.54, 1.807) is 24.0 Å². The van der Waals surface area contributed by atoms with Crippen LogP contribution in [0.1, 0.15) is 35.5 Å². The van der Waals surface area contributed by atoms with E-state index in [-0.39, 0.29) is 16.9 Å². The highest BCUT2D eigenvalue weighted by Gasteiger charge is 2.22. The van der Waals surface area contributed by atoms with Gasteiger partial charge in [-0.1, -0.05) is 11.6 Å². The lowest BCUT2D eigenvalue weighted by molar-refractivity contribution is 0.0768. The van der Waals surface area contributed by atoms with Gasteiger partial charge in [0.1, 0.15) is 16.9 Å². The predicted octanol–water partition coefficient (Wildman–Crippen LogP) is 2.89. The van der Waals surface area contributed by atoms with Crippen LogP contribution in [0.2, 0.25) is 0 Å². The van der Waals surface area contributed by atoms with Crippen molar-refractivity contribution in [3.8, 4) is 0 Å². The number of amides is 1. The standard InChI is InChI=1S/C16H19NO3/c1-5-17(6-2)16(19)14-11(4)20-13-8-7-10(3)9-12(13)15(14)18/h7-9H,5-6H2,1-4H3. The third kappa shape index (κ3) is 2.33. The summed E-state index contributed by atoms with van der Waals surface area (Å²) in [6, 6.07) is 5.42. The third-order valence-corrected chi connectivity index (χ3v) is 3.49. The first-order valence-electron chi connectivity index (χ1n) is 6.82. The Morgan fingerprint density at radius 2 is 1.85 bits per heavy atom. The van der Waals surface area contributed by atoms with Crippen molar-refractivity contribution in [2.75, 3.05) is 13.1 Å². The summed E-state index contributed by atoms with van der Waals surface area (Å²) in [6.45, 7) is 8.50. The van der Waals surface area contributed by atoms with Crippen LogP contribution in [0, 0.1) is 13.8 Å². The summed E-state index contributed by atoms with van der Waals surface area (Å²) in [6.07, 6.45) is 0. The van der Waals surface area contributed by atoms with Crippen LogP contribution in [0.25, 0.3) is 11.0 Å². The maximum Gasteiger partial charge on any atom is 0.261 e. The minimum Gasteiger partial charge on any atom is -0.460 e. The fourth-order valence-electron chi connectivity index (χ4n) is 2.34. The molecule has 0 saturated carbocycles. The number of fused-ring (bicyclic) bond motifs is 1. The molecular weight excluding hydrogens is 254 g/mol. The van der Waals surface area contributed by atoms with E-state index in [0.29, 0.717) is 29.8 Å². The molecule has 0 bridgehead atoms. The van der Waals surface area contributed by atoms with Gasteiger partial charge in [0.15, 0.2) is 0 Å². The molecular formula is C16H19NO3. The SMILES string of the molecule is CCN(CC)C(=O)c1c(C)oc2ccc(C)cc2c1=O. The van der Waals surface area contributed by atoms with Crippen molar-refractivity contribution < 1.29 is 9.21 Å². The van der Waals surface area contributed by atoms with Gasteiger partial charge in [-0.15, -0.1) is 0 Å². The third-order valence-electron chi connectivity index (χ3n) is 3.49. The smallest absolute Gasteiger partial charge is 0.261 e. The second-order valence-electron chi connectivity index (χ2n) is 4.84. The number of carbonyl (C=O) groups excluding carboxylic acids is 1. The van der Waals surface area contributed by atoms with Crippen LogP contribution in [0.15, 0.2) is 27.4 Å². The van der Waals surface area contributed by atoms with Crippen LogP contribution in [0.3, 0.4) is 0 Å². The Bertz CT molecular complexity index is 711. The summed E-state index contributed by atoms with van der Waals surface area (Å²) < 4.78 is 5.64. The summed E-state index contributed by atoms with van der Waals surface area (Å²) in [5, 5.41) is 0.464. The van der Waals surface area contributed by atoms with E-state index in [4.69, 9.17) is 4.42 Å². The van der Waals surface area contributed by atoms with E-state index in [0.717, 1.165) is 5.56 Å². The maximum absolute atomic E-state index is 12.6. The summed E-state index contributed by atoms with van der Waals surface area (Å²) in [5.74, 6) is 0.118. The van der Waals surface area contributed by atoms with Gasteiger partial charge in [-0.05, 0) is 39.8 Å². The van der Waals surface area contributed by atoms with E-state index in [1.165, 1.54) is 0 Å². The molecule has 0 spiro atoms. The van der Waals surface area contributed by atoms with Crippen molar-refractivity contribution >= 4 is 16.9 Å². The lowest BCUT2D eigenvalue weighted by Gasteiger charge is -2.19. The Labute approximate surface area is 118 Å². The monoisotopic (exact) mass is 273 g/mol. The topological polar surface area (TPSA) is 50.5 Å². The zero-order valence-corrected chi connectivity index (χ0v) is 12.3. The van der Waals surface area contributed by atoms with Crippen molar-refractivity contribution in [1.82, 2.24) is 4.90 Å². The first-order chi connectivity index (χ1) is 9.49. The second kappa shape index (κ2) is 5.49. The van der Waals surface area contributed by atoms with Gasteiger partial charge in [0.25, 0.3) is 5.91 Å². The largest absolute Gasteiger partial charge is 0.460 e. The lowest BCUT2D eigenvalue weighted by Crippen LogP contribution is -2.34. The number of carbonyl (C=O) groups is 1. The Morgan fingerprint density at radius 3 is 2.45 bits per heavy atom. The molecule has 0 atom stereocenters. The van der Waals surface area contributed by atoms with Crippen LogP contribution in [-0.2, 0) is 0 Å². The van der Waals surface area contributed by atoms with Crippen LogP contribution in [-0.4, -0.2) is 23.9 Å². The number of rotatable bonds is 3. The van der Waals surface area contributed by atoms with E-state index in [9.17, 15) is 9.59 Å². The Kier molecular flexibility index (Phi) is 3.93. The first kappa shape index (κ1) is 14.3. The highest BCUT2D eigenvalue weighted by Crippen LogP contribution is 2.17. The molecule has 1 aromatic heterocycles. The summed E-state index contributed by atoms with van der Waals surface area (Å²) in [5.41, 5.74) is 1.39. The normalized spacial score (nSPS) is 10.8. The fraction of sp³-hybridized carbons (Fsp3) is 0.375. The Morgan fingerprint density at radius 1 is 1.20 bits per heavy atom. The van der Waals surface area contributed by atoms with Crippen LogP contribution < -0.4 is 5.43 Å². The van der Waals surface area contributed by atoms with Crippen molar-refractivity contribution in [1.29, 1.82) is 0 Å². The van der Waals surface area contributed by atoms with Crippen molar-refractivity contribution in [3.63, 3.8) is 0 Å². The van der Waals surface area contributed by atoms with Gasteiger partial charge in [-0.25, -0.2) is 0 Å². The average molecular weight is 273 g/mol. The molecule has 106 valence electrons. The number of aryl methyl sites for hydroxylation is 2. The Balaban J connectivity index is 2.71. The maximum atomic E-state index is 12.6. The van der Waals surface area contributed by atoms with Gasteiger partial charge >= 0.3 is 0 Å². The first-order valence-corrected chi connectivity index (χ1v) is 6.82. The lowest BCUT2D eigenvalue weighted by atomic mass is 10.1. The van der Waals surface area contributed by atoms with Crippen molar-refractivity contribution in [2.45, 2.75) is 27.7 Å². The zero-order chi connectivity index (χ0) is 14.9. The molecule has 1 aromatic carbocycles. The molecule has 0 N–H and O–H groups in total. The summed E-state index contributed by atoms with van der Waals surface area (Å²) in [7, 11) is 0. The summed E-state index contributed by atoms with van der Waals surface area (Å²) in [4.78, 5) is 26.6. The van der Waals surface area contributed by atoms with Crippen molar-refractivity contribution in [2.24, 2.45) is 0 Å². The molecule has 1 heterocycles. The van der Waals surface area contributed by atoms with Crippen LogP contribution >= 0.6 is 0 Å². The second-order valence-corrected chi connectivity index (χ2v) is 4.84. The summed E-state index contributed by atoms with van der Waals surface area (Å²) >= 11 is 0. The molecule has 0 aliphatic carbocycles. The molecule has 0 aliphatic heterocycles. The molecule has 0 unspecified atom stereocenters. The van der Waals surface area contributed by atoms with Gasteiger partial charge in [0.05, 0.1) is 5.39 Å². The van der Waals surface area contributed by atoms with Crippen LogP contribution in [0.4, 0.5) is 0 Å². The highest BCUT2D eigenvalue weighted by molar-refractivity contribution is 5.97. The van der Waals surface area contributed by atoms with Gasteiger partial charge in [-0.2, -0.15) is 0 Å². The number of benzene rings is 1. The molecule has 0 saturated heterocycles.